The number of aliphatic hydroxyl groups excluding tert-OH is 2. The summed E-state index contributed by atoms with van der Waals surface area (Å²) in [6.45, 7) is 4.06. The van der Waals surface area contributed by atoms with Gasteiger partial charge in [0.2, 0.25) is 0 Å². The van der Waals surface area contributed by atoms with Crippen LogP contribution < -0.4 is 0 Å². The molecule has 15 heavy (non-hydrogen) atoms. The van der Waals surface area contributed by atoms with Gasteiger partial charge >= 0.3 is 0 Å². The van der Waals surface area contributed by atoms with Gasteiger partial charge in [0.05, 0.1) is 6.10 Å². The first-order valence-corrected chi connectivity index (χ1v) is 5.20. The van der Waals surface area contributed by atoms with Crippen molar-refractivity contribution in [3.05, 3.63) is 35.4 Å². The smallest absolute Gasteiger partial charge is 0.158 e. The van der Waals surface area contributed by atoms with Gasteiger partial charge in [-0.15, -0.1) is 0 Å². The largest absolute Gasteiger partial charge is 0.389 e. The standard InChI is InChI=1S/C12H18O3/c1-3-15-12(14)8-10-5-4-6-11(7-10)9(2)13/h4-7,9,12-14H,3,8H2,1-2H3. The Morgan fingerprint density at radius 3 is 2.67 bits per heavy atom. The molecule has 0 aliphatic heterocycles. The van der Waals surface area contributed by atoms with E-state index in [0.29, 0.717) is 13.0 Å². The van der Waals surface area contributed by atoms with Crippen LogP contribution in [0.1, 0.15) is 31.1 Å². The zero-order valence-corrected chi connectivity index (χ0v) is 9.18. The predicted molar refractivity (Wildman–Crippen MR) is 58.4 cm³/mol. The molecule has 0 spiro atoms. The molecular weight excluding hydrogens is 192 g/mol. The van der Waals surface area contributed by atoms with Crippen LogP contribution in [0.4, 0.5) is 0 Å². The predicted octanol–water partition coefficient (Wildman–Crippen LogP) is 1.64. The molecule has 0 fully saturated rings. The molecule has 0 saturated carbocycles. The second-order valence-corrected chi connectivity index (χ2v) is 3.54. The summed E-state index contributed by atoms with van der Waals surface area (Å²) in [5.41, 5.74) is 1.82. The number of rotatable bonds is 5. The van der Waals surface area contributed by atoms with Crippen molar-refractivity contribution in [2.75, 3.05) is 6.61 Å². The number of hydrogen-bond donors (Lipinski definition) is 2. The quantitative estimate of drug-likeness (QED) is 0.726. The minimum absolute atomic E-state index is 0.453. The highest BCUT2D eigenvalue weighted by molar-refractivity contribution is 5.25. The molecule has 0 saturated heterocycles. The highest BCUT2D eigenvalue weighted by Crippen LogP contribution is 2.14. The number of aliphatic hydroxyl groups is 2. The molecular formula is C12H18O3. The number of hydrogen-bond acceptors (Lipinski definition) is 3. The Morgan fingerprint density at radius 1 is 1.33 bits per heavy atom. The average molecular weight is 210 g/mol. The fourth-order valence-electron chi connectivity index (χ4n) is 1.43. The Balaban J connectivity index is 2.65. The maximum Gasteiger partial charge on any atom is 0.158 e. The number of ether oxygens (including phenoxy) is 1. The van der Waals surface area contributed by atoms with E-state index in [0.717, 1.165) is 11.1 Å². The minimum Gasteiger partial charge on any atom is -0.389 e. The van der Waals surface area contributed by atoms with Gasteiger partial charge in [0.15, 0.2) is 6.29 Å². The van der Waals surface area contributed by atoms with Crippen LogP contribution >= 0.6 is 0 Å². The lowest BCUT2D eigenvalue weighted by molar-refractivity contribution is -0.0927. The summed E-state index contributed by atoms with van der Waals surface area (Å²) >= 11 is 0. The van der Waals surface area contributed by atoms with E-state index in [9.17, 15) is 10.2 Å². The van der Waals surface area contributed by atoms with E-state index in [4.69, 9.17) is 4.74 Å². The van der Waals surface area contributed by atoms with Gasteiger partial charge in [0.25, 0.3) is 0 Å². The molecule has 0 bridgehead atoms. The molecule has 0 aliphatic rings. The molecule has 84 valence electrons. The lowest BCUT2D eigenvalue weighted by atomic mass is 10.1. The first-order valence-electron chi connectivity index (χ1n) is 5.20. The molecule has 0 aliphatic carbocycles. The Labute approximate surface area is 90.3 Å². The van der Waals surface area contributed by atoms with Crippen LogP contribution in [0.5, 0.6) is 0 Å². The lowest BCUT2D eigenvalue weighted by Crippen LogP contribution is -2.14. The highest BCUT2D eigenvalue weighted by atomic mass is 16.6. The average Bonchev–Trinajstić information content (AvgIpc) is 2.18. The van der Waals surface area contributed by atoms with E-state index in [1.807, 2.05) is 31.2 Å². The molecule has 0 heterocycles. The van der Waals surface area contributed by atoms with Gasteiger partial charge in [-0.25, -0.2) is 0 Å². The molecule has 1 aromatic carbocycles. The molecule has 3 nitrogen and oxygen atoms in total. The zero-order chi connectivity index (χ0) is 11.3. The topological polar surface area (TPSA) is 49.7 Å². The van der Waals surface area contributed by atoms with Crippen LogP contribution in [0.15, 0.2) is 24.3 Å². The van der Waals surface area contributed by atoms with Crippen LogP contribution in [0.25, 0.3) is 0 Å². The van der Waals surface area contributed by atoms with Crippen LogP contribution in [-0.2, 0) is 11.2 Å². The molecule has 2 unspecified atom stereocenters. The van der Waals surface area contributed by atoms with Gasteiger partial charge in [-0.2, -0.15) is 0 Å². The van der Waals surface area contributed by atoms with E-state index in [1.165, 1.54) is 0 Å². The first-order chi connectivity index (χ1) is 7.13. The molecule has 3 heteroatoms. The summed E-state index contributed by atoms with van der Waals surface area (Å²) < 4.78 is 5.04. The van der Waals surface area contributed by atoms with Crippen molar-refractivity contribution in [1.82, 2.24) is 0 Å². The highest BCUT2D eigenvalue weighted by Gasteiger charge is 2.06. The maximum atomic E-state index is 9.45. The van der Waals surface area contributed by atoms with Gasteiger partial charge in [-0.1, -0.05) is 24.3 Å². The third-order valence-electron chi connectivity index (χ3n) is 2.20. The number of benzene rings is 1. The Hall–Kier alpha value is -0.900. The molecule has 2 atom stereocenters. The summed E-state index contributed by atoms with van der Waals surface area (Å²) in [4.78, 5) is 0. The fraction of sp³-hybridized carbons (Fsp3) is 0.500. The summed E-state index contributed by atoms with van der Waals surface area (Å²) in [6, 6.07) is 7.53. The van der Waals surface area contributed by atoms with Crippen molar-refractivity contribution in [2.24, 2.45) is 0 Å². The van der Waals surface area contributed by atoms with Gasteiger partial charge in [0.1, 0.15) is 0 Å². The van der Waals surface area contributed by atoms with Crippen LogP contribution in [0, 0.1) is 0 Å². The molecule has 0 aromatic heterocycles. The third kappa shape index (κ3) is 4.00. The SMILES string of the molecule is CCOC(O)Cc1cccc(C(C)O)c1. The third-order valence-corrected chi connectivity index (χ3v) is 2.20. The normalized spacial score (nSPS) is 14.9. The first kappa shape index (κ1) is 12.2. The van der Waals surface area contributed by atoms with E-state index in [-0.39, 0.29) is 0 Å². The minimum atomic E-state index is -0.765. The van der Waals surface area contributed by atoms with E-state index in [1.54, 1.807) is 6.92 Å². The van der Waals surface area contributed by atoms with Crippen molar-refractivity contribution < 1.29 is 14.9 Å². The fourth-order valence-corrected chi connectivity index (χ4v) is 1.43. The summed E-state index contributed by atoms with van der Waals surface area (Å²) in [7, 11) is 0. The van der Waals surface area contributed by atoms with Crippen molar-refractivity contribution in [2.45, 2.75) is 32.7 Å². The Bertz CT molecular complexity index is 297. The van der Waals surface area contributed by atoms with E-state index < -0.39 is 12.4 Å². The van der Waals surface area contributed by atoms with Gasteiger partial charge in [-0.05, 0) is 25.0 Å². The summed E-state index contributed by atoms with van der Waals surface area (Å²) in [5, 5.41) is 18.8. The van der Waals surface area contributed by atoms with Gasteiger partial charge in [-0.3, -0.25) is 0 Å². The molecule has 1 aromatic rings. The van der Waals surface area contributed by atoms with Crippen molar-refractivity contribution >= 4 is 0 Å². The molecule has 0 amide bonds. The Morgan fingerprint density at radius 2 is 2.07 bits per heavy atom. The van der Waals surface area contributed by atoms with Crippen LogP contribution in [-0.4, -0.2) is 23.1 Å². The summed E-state index contributed by atoms with van der Waals surface area (Å²) in [6.07, 6.45) is -0.789. The Kier molecular flexibility index (Phi) is 4.75. The van der Waals surface area contributed by atoms with Crippen molar-refractivity contribution in [1.29, 1.82) is 0 Å². The molecule has 2 N–H and O–H groups in total. The zero-order valence-electron chi connectivity index (χ0n) is 9.18. The van der Waals surface area contributed by atoms with Crippen LogP contribution in [0.2, 0.25) is 0 Å². The van der Waals surface area contributed by atoms with Gasteiger partial charge < -0.3 is 14.9 Å². The second kappa shape index (κ2) is 5.85. The molecule has 1 rings (SSSR count). The lowest BCUT2D eigenvalue weighted by Gasteiger charge is -2.12. The van der Waals surface area contributed by atoms with E-state index >= 15 is 0 Å². The monoisotopic (exact) mass is 210 g/mol. The van der Waals surface area contributed by atoms with Crippen molar-refractivity contribution in [3.63, 3.8) is 0 Å². The van der Waals surface area contributed by atoms with Crippen LogP contribution in [0.3, 0.4) is 0 Å². The van der Waals surface area contributed by atoms with Gasteiger partial charge in [0, 0.05) is 13.0 Å². The maximum absolute atomic E-state index is 9.45. The summed E-state index contributed by atoms with van der Waals surface area (Å²) in [5.74, 6) is 0. The van der Waals surface area contributed by atoms with E-state index in [2.05, 4.69) is 0 Å². The molecule has 0 radical (unpaired) electrons. The van der Waals surface area contributed by atoms with Crippen molar-refractivity contribution in [3.8, 4) is 0 Å². The second-order valence-electron chi connectivity index (χ2n) is 3.54.